The van der Waals surface area contributed by atoms with Crippen LogP contribution in [0.4, 0.5) is 0 Å². The summed E-state index contributed by atoms with van der Waals surface area (Å²) in [6, 6.07) is -0.323. The summed E-state index contributed by atoms with van der Waals surface area (Å²) in [7, 11) is 1.58. The van der Waals surface area contributed by atoms with Crippen molar-refractivity contribution in [1.29, 1.82) is 0 Å². The molecule has 18 heavy (non-hydrogen) atoms. The van der Waals surface area contributed by atoms with Crippen molar-refractivity contribution in [3.8, 4) is 0 Å². The Bertz CT molecular complexity index is 389. The fraction of sp³-hybridized carbons (Fsp3) is 0.667. The molecule has 0 radical (unpaired) electrons. The Balaban J connectivity index is 2.71. The van der Waals surface area contributed by atoms with E-state index in [-0.39, 0.29) is 18.6 Å². The zero-order chi connectivity index (χ0) is 13.5. The third-order valence-electron chi connectivity index (χ3n) is 2.72. The Hall–Kier alpha value is -1.40. The molecule has 1 heterocycles. The summed E-state index contributed by atoms with van der Waals surface area (Å²) < 4.78 is 9.93. The molecule has 0 saturated heterocycles. The van der Waals surface area contributed by atoms with Crippen LogP contribution < -0.4 is 5.32 Å². The van der Waals surface area contributed by atoms with Crippen LogP contribution in [0.3, 0.4) is 0 Å². The second kappa shape index (κ2) is 7.13. The lowest BCUT2D eigenvalue weighted by atomic mass is 10.1. The second-order valence-electron chi connectivity index (χ2n) is 4.05. The zero-order valence-electron chi connectivity index (χ0n) is 11.0. The molecule has 0 aromatic carbocycles. The van der Waals surface area contributed by atoms with Crippen molar-refractivity contribution in [2.45, 2.75) is 32.7 Å². The van der Waals surface area contributed by atoms with E-state index in [0.29, 0.717) is 36.5 Å². The molecule has 1 atom stereocenters. The minimum absolute atomic E-state index is 0.124. The number of aryl methyl sites for hydroxylation is 2. The number of carbonyl (C=O) groups excluding carboxylic acids is 1. The van der Waals surface area contributed by atoms with Gasteiger partial charge in [0.15, 0.2) is 0 Å². The van der Waals surface area contributed by atoms with Crippen molar-refractivity contribution < 1.29 is 19.2 Å². The average molecular weight is 256 g/mol. The second-order valence-corrected chi connectivity index (χ2v) is 4.05. The van der Waals surface area contributed by atoms with E-state index in [1.54, 1.807) is 14.0 Å². The Labute approximate surface area is 106 Å². The number of rotatable bonds is 7. The summed E-state index contributed by atoms with van der Waals surface area (Å²) in [4.78, 5) is 12.1. The fourth-order valence-electron chi connectivity index (χ4n) is 1.68. The van der Waals surface area contributed by atoms with Crippen molar-refractivity contribution in [1.82, 2.24) is 10.5 Å². The number of aliphatic hydroxyl groups is 1. The molecular formula is C12H20N2O4. The highest BCUT2D eigenvalue weighted by Gasteiger charge is 2.21. The van der Waals surface area contributed by atoms with Crippen LogP contribution in [0.25, 0.3) is 0 Å². The number of aliphatic hydroxyl groups excluding tert-OH is 1. The smallest absolute Gasteiger partial charge is 0.257 e. The van der Waals surface area contributed by atoms with E-state index in [0.717, 1.165) is 0 Å². The number of methoxy groups -OCH3 is 1. The average Bonchev–Trinajstić information content (AvgIpc) is 2.75. The number of nitrogens with one attached hydrogen (secondary N) is 1. The van der Waals surface area contributed by atoms with Crippen LogP contribution in [0.15, 0.2) is 4.52 Å². The summed E-state index contributed by atoms with van der Waals surface area (Å²) in [5, 5.41) is 15.8. The SMILES string of the molecule is CCc1noc(C)c1C(=O)NC(CO)CCOC. The van der Waals surface area contributed by atoms with Crippen molar-refractivity contribution >= 4 is 5.91 Å². The molecule has 1 aromatic rings. The quantitative estimate of drug-likeness (QED) is 0.749. The Morgan fingerprint density at radius 2 is 2.33 bits per heavy atom. The molecule has 1 aromatic heterocycles. The minimum Gasteiger partial charge on any atom is -0.394 e. The molecule has 102 valence electrons. The van der Waals surface area contributed by atoms with Gasteiger partial charge in [-0.15, -0.1) is 0 Å². The van der Waals surface area contributed by atoms with Gasteiger partial charge in [0.1, 0.15) is 11.3 Å². The molecule has 6 heteroatoms. The maximum atomic E-state index is 12.1. The van der Waals surface area contributed by atoms with Gasteiger partial charge in [0.25, 0.3) is 5.91 Å². The van der Waals surface area contributed by atoms with Crippen molar-refractivity contribution in [3.63, 3.8) is 0 Å². The van der Waals surface area contributed by atoms with Gasteiger partial charge in [-0.05, 0) is 19.8 Å². The number of hydrogen-bond acceptors (Lipinski definition) is 5. The number of hydrogen-bond donors (Lipinski definition) is 2. The first-order chi connectivity index (χ1) is 8.63. The topological polar surface area (TPSA) is 84.6 Å². The lowest BCUT2D eigenvalue weighted by Gasteiger charge is -2.15. The third-order valence-corrected chi connectivity index (χ3v) is 2.72. The van der Waals surface area contributed by atoms with E-state index in [4.69, 9.17) is 9.26 Å². The van der Waals surface area contributed by atoms with Gasteiger partial charge < -0.3 is 19.7 Å². The number of nitrogens with zero attached hydrogens (tertiary/aromatic N) is 1. The monoisotopic (exact) mass is 256 g/mol. The molecular weight excluding hydrogens is 236 g/mol. The van der Waals surface area contributed by atoms with Gasteiger partial charge in [-0.3, -0.25) is 4.79 Å². The van der Waals surface area contributed by atoms with Crippen molar-refractivity contribution in [3.05, 3.63) is 17.0 Å². The zero-order valence-corrected chi connectivity index (χ0v) is 11.0. The Morgan fingerprint density at radius 1 is 1.61 bits per heavy atom. The van der Waals surface area contributed by atoms with Crippen LogP contribution in [-0.4, -0.2) is 42.5 Å². The van der Waals surface area contributed by atoms with E-state index < -0.39 is 0 Å². The molecule has 6 nitrogen and oxygen atoms in total. The van der Waals surface area contributed by atoms with E-state index in [9.17, 15) is 9.90 Å². The lowest BCUT2D eigenvalue weighted by molar-refractivity contribution is 0.0892. The van der Waals surface area contributed by atoms with E-state index >= 15 is 0 Å². The maximum Gasteiger partial charge on any atom is 0.257 e. The highest BCUT2D eigenvalue weighted by molar-refractivity contribution is 5.96. The standard InChI is InChI=1S/C12H20N2O4/c1-4-10-11(8(2)18-14-10)12(16)13-9(7-15)5-6-17-3/h9,15H,4-7H2,1-3H3,(H,13,16). The number of carbonyl (C=O) groups is 1. The Kier molecular flexibility index (Phi) is 5.80. The van der Waals surface area contributed by atoms with Gasteiger partial charge in [0.2, 0.25) is 0 Å². The van der Waals surface area contributed by atoms with Gasteiger partial charge in [0.05, 0.1) is 18.3 Å². The van der Waals surface area contributed by atoms with Gasteiger partial charge >= 0.3 is 0 Å². The molecule has 0 aliphatic heterocycles. The van der Waals surface area contributed by atoms with E-state index in [1.807, 2.05) is 6.92 Å². The molecule has 1 unspecified atom stereocenters. The lowest BCUT2D eigenvalue weighted by Crippen LogP contribution is -2.38. The molecule has 1 amide bonds. The predicted molar refractivity (Wildman–Crippen MR) is 65.5 cm³/mol. The van der Waals surface area contributed by atoms with Crippen LogP contribution in [0.2, 0.25) is 0 Å². The summed E-state index contributed by atoms with van der Waals surface area (Å²) in [6.45, 7) is 3.96. The van der Waals surface area contributed by atoms with Gasteiger partial charge in [-0.25, -0.2) is 0 Å². The fourth-order valence-corrected chi connectivity index (χ4v) is 1.68. The minimum atomic E-state index is -0.323. The molecule has 0 aliphatic carbocycles. The summed E-state index contributed by atoms with van der Waals surface area (Å²) >= 11 is 0. The van der Waals surface area contributed by atoms with Crippen LogP contribution in [0.1, 0.15) is 35.2 Å². The van der Waals surface area contributed by atoms with Crippen LogP contribution >= 0.6 is 0 Å². The summed E-state index contributed by atoms with van der Waals surface area (Å²) in [6.07, 6.45) is 1.19. The molecule has 1 rings (SSSR count). The first kappa shape index (κ1) is 14.7. The molecule has 2 N–H and O–H groups in total. The van der Waals surface area contributed by atoms with Crippen molar-refractivity contribution in [2.24, 2.45) is 0 Å². The van der Waals surface area contributed by atoms with Gasteiger partial charge in [-0.2, -0.15) is 0 Å². The normalized spacial score (nSPS) is 12.4. The van der Waals surface area contributed by atoms with E-state index in [1.165, 1.54) is 0 Å². The van der Waals surface area contributed by atoms with Crippen LogP contribution in [0.5, 0.6) is 0 Å². The Morgan fingerprint density at radius 3 is 2.89 bits per heavy atom. The predicted octanol–water partition coefficient (Wildman–Crippen LogP) is 0.673. The summed E-state index contributed by atoms with van der Waals surface area (Å²) in [5.74, 6) is 0.230. The van der Waals surface area contributed by atoms with Crippen LogP contribution in [0, 0.1) is 6.92 Å². The summed E-state index contributed by atoms with van der Waals surface area (Å²) in [5.41, 5.74) is 1.10. The molecule has 0 fully saturated rings. The highest BCUT2D eigenvalue weighted by atomic mass is 16.5. The molecule has 0 spiro atoms. The van der Waals surface area contributed by atoms with Crippen LogP contribution in [-0.2, 0) is 11.2 Å². The highest BCUT2D eigenvalue weighted by Crippen LogP contribution is 2.14. The first-order valence-electron chi connectivity index (χ1n) is 5.99. The first-order valence-corrected chi connectivity index (χ1v) is 5.99. The number of ether oxygens (including phenoxy) is 1. The maximum absolute atomic E-state index is 12.1. The number of amides is 1. The molecule has 0 bridgehead atoms. The van der Waals surface area contributed by atoms with E-state index in [2.05, 4.69) is 10.5 Å². The molecule has 0 saturated carbocycles. The third kappa shape index (κ3) is 3.54. The van der Waals surface area contributed by atoms with Crippen molar-refractivity contribution in [2.75, 3.05) is 20.3 Å². The number of aromatic nitrogens is 1. The molecule has 0 aliphatic rings. The largest absolute Gasteiger partial charge is 0.394 e. The van der Waals surface area contributed by atoms with Gasteiger partial charge in [-0.1, -0.05) is 12.1 Å². The van der Waals surface area contributed by atoms with Gasteiger partial charge in [0, 0.05) is 13.7 Å².